The van der Waals surface area contributed by atoms with Crippen LogP contribution in [0.4, 0.5) is 0 Å². The lowest BCUT2D eigenvalue weighted by molar-refractivity contribution is 0.123. The van der Waals surface area contributed by atoms with Crippen molar-refractivity contribution in [3.63, 3.8) is 0 Å². The van der Waals surface area contributed by atoms with Crippen LogP contribution in [0.1, 0.15) is 11.3 Å². The fourth-order valence-electron chi connectivity index (χ4n) is 2.94. The monoisotopic (exact) mass is 353 g/mol. The van der Waals surface area contributed by atoms with E-state index in [9.17, 15) is 4.79 Å². The van der Waals surface area contributed by atoms with Gasteiger partial charge in [0.1, 0.15) is 5.52 Å². The Morgan fingerprint density at radius 3 is 2.80 bits per heavy atom. The van der Waals surface area contributed by atoms with Crippen LogP contribution in [0.2, 0.25) is 5.02 Å². The Kier molecular flexibility index (Phi) is 4.26. The Balaban J connectivity index is 1.57. The fourth-order valence-corrected chi connectivity index (χ4v) is 3.12. The lowest BCUT2D eigenvalue weighted by atomic mass is 10.1. The van der Waals surface area contributed by atoms with Gasteiger partial charge in [-0.1, -0.05) is 41.9 Å². The van der Waals surface area contributed by atoms with Gasteiger partial charge in [-0.25, -0.2) is 0 Å². The fraction of sp³-hybridized carbons (Fsp3) is 0.158. The lowest BCUT2D eigenvalue weighted by Crippen LogP contribution is -2.08. The van der Waals surface area contributed by atoms with Crippen LogP contribution in [0.25, 0.3) is 21.8 Å². The van der Waals surface area contributed by atoms with Gasteiger partial charge in [-0.2, -0.15) is 5.10 Å². The van der Waals surface area contributed by atoms with Gasteiger partial charge in [0, 0.05) is 16.8 Å². The molecule has 0 unspecified atom stereocenters. The van der Waals surface area contributed by atoms with E-state index < -0.39 is 0 Å². The molecule has 4 aromatic rings. The summed E-state index contributed by atoms with van der Waals surface area (Å²) < 4.78 is 5.71. The molecule has 0 amide bonds. The first kappa shape index (κ1) is 15.9. The van der Waals surface area contributed by atoms with Crippen LogP contribution >= 0.6 is 11.6 Å². The summed E-state index contributed by atoms with van der Waals surface area (Å²) in [6.45, 7) is 1.04. The van der Waals surface area contributed by atoms with E-state index in [4.69, 9.17) is 16.3 Å². The molecule has 0 bridgehead atoms. The molecule has 2 heterocycles. The summed E-state index contributed by atoms with van der Waals surface area (Å²) in [6.07, 6.45) is 0.582. The summed E-state index contributed by atoms with van der Waals surface area (Å²) in [5.74, 6) is 0. The zero-order chi connectivity index (χ0) is 17.2. The number of halogens is 1. The van der Waals surface area contributed by atoms with Crippen LogP contribution in [0, 0.1) is 0 Å². The van der Waals surface area contributed by atoms with Crippen molar-refractivity contribution in [1.29, 1.82) is 0 Å². The van der Waals surface area contributed by atoms with Crippen LogP contribution in [-0.2, 0) is 17.8 Å². The second-order valence-corrected chi connectivity index (χ2v) is 6.29. The molecule has 5 nitrogen and oxygen atoms in total. The number of aromatic nitrogens is 3. The number of hydrogen-bond acceptors (Lipinski definition) is 3. The number of nitrogens with zero attached hydrogens (tertiary/aromatic N) is 1. The molecule has 2 aromatic heterocycles. The highest BCUT2D eigenvalue weighted by molar-refractivity contribution is 6.31. The van der Waals surface area contributed by atoms with Crippen molar-refractivity contribution in [2.45, 2.75) is 13.0 Å². The van der Waals surface area contributed by atoms with E-state index in [2.05, 4.69) is 15.2 Å². The van der Waals surface area contributed by atoms with Crippen molar-refractivity contribution in [1.82, 2.24) is 15.2 Å². The summed E-state index contributed by atoms with van der Waals surface area (Å²) in [6, 6.07) is 15.3. The van der Waals surface area contributed by atoms with Gasteiger partial charge >= 0.3 is 0 Å². The number of nitrogens with one attached hydrogen (secondary N) is 2. The molecule has 25 heavy (non-hydrogen) atoms. The van der Waals surface area contributed by atoms with Gasteiger partial charge in [-0.05, 0) is 23.8 Å². The van der Waals surface area contributed by atoms with Crippen molar-refractivity contribution in [3.8, 4) is 0 Å². The zero-order valence-electron chi connectivity index (χ0n) is 13.4. The van der Waals surface area contributed by atoms with E-state index in [1.807, 2.05) is 36.4 Å². The molecule has 126 valence electrons. The number of ether oxygens (including phenoxy) is 1. The number of rotatable bonds is 5. The number of H-pyrrole nitrogens is 2. The molecule has 0 saturated heterocycles. The Hall–Kier alpha value is -2.63. The zero-order valence-corrected chi connectivity index (χ0v) is 14.1. The maximum atomic E-state index is 12.4. The number of aromatic amines is 2. The molecule has 0 aliphatic rings. The van der Waals surface area contributed by atoms with E-state index in [-0.39, 0.29) is 5.56 Å². The van der Waals surface area contributed by atoms with Crippen LogP contribution < -0.4 is 5.56 Å². The molecule has 0 aliphatic heterocycles. The minimum atomic E-state index is -0.156. The van der Waals surface area contributed by atoms with Gasteiger partial charge in [-0.3, -0.25) is 9.89 Å². The van der Waals surface area contributed by atoms with Gasteiger partial charge in [0.2, 0.25) is 0 Å². The van der Waals surface area contributed by atoms with Crippen LogP contribution in [0.15, 0.2) is 53.3 Å². The average Bonchev–Trinajstić information content (AvgIpc) is 3.05. The quantitative estimate of drug-likeness (QED) is 0.536. The Bertz CT molecular complexity index is 1090. The lowest BCUT2D eigenvalue weighted by Gasteiger charge is -2.04. The maximum absolute atomic E-state index is 12.4. The van der Waals surface area contributed by atoms with Crippen LogP contribution in [0.3, 0.4) is 0 Å². The molecule has 0 atom stereocenters. The van der Waals surface area contributed by atoms with Gasteiger partial charge in [0.05, 0.1) is 29.8 Å². The number of hydrogen-bond donors (Lipinski definition) is 2. The number of benzene rings is 2. The van der Waals surface area contributed by atoms with E-state index in [1.165, 1.54) is 0 Å². The molecule has 2 aromatic carbocycles. The SMILES string of the molecule is O=c1[nH]c2ccc(Cl)cc2c2n[nH]c(CCOCc3ccccc3)c12. The minimum absolute atomic E-state index is 0.156. The van der Waals surface area contributed by atoms with Crippen molar-refractivity contribution >= 4 is 33.4 Å². The molecule has 0 saturated carbocycles. The third-order valence-electron chi connectivity index (χ3n) is 4.16. The molecule has 0 aliphatic carbocycles. The number of fused-ring (bicyclic) bond motifs is 3. The highest BCUT2D eigenvalue weighted by Gasteiger charge is 2.13. The van der Waals surface area contributed by atoms with Crippen molar-refractivity contribution in [2.24, 2.45) is 0 Å². The molecule has 6 heteroatoms. The summed E-state index contributed by atoms with van der Waals surface area (Å²) in [7, 11) is 0. The van der Waals surface area contributed by atoms with Gasteiger partial charge in [0.25, 0.3) is 5.56 Å². The molecular weight excluding hydrogens is 338 g/mol. The first-order chi connectivity index (χ1) is 12.2. The Labute approximate surface area is 148 Å². The molecule has 4 rings (SSSR count). The van der Waals surface area contributed by atoms with Crippen molar-refractivity contribution in [3.05, 3.63) is 75.2 Å². The molecule has 2 N–H and O–H groups in total. The highest BCUT2D eigenvalue weighted by atomic mass is 35.5. The van der Waals surface area contributed by atoms with Gasteiger partial charge < -0.3 is 9.72 Å². The summed E-state index contributed by atoms with van der Waals surface area (Å²) in [4.78, 5) is 15.3. The van der Waals surface area contributed by atoms with E-state index in [1.54, 1.807) is 12.1 Å². The molecule has 0 fully saturated rings. The van der Waals surface area contributed by atoms with Crippen molar-refractivity contribution in [2.75, 3.05) is 6.61 Å². The Morgan fingerprint density at radius 2 is 1.96 bits per heavy atom. The summed E-state index contributed by atoms with van der Waals surface area (Å²) in [5, 5.41) is 9.30. The topological polar surface area (TPSA) is 70.8 Å². The highest BCUT2D eigenvalue weighted by Crippen LogP contribution is 2.24. The second kappa shape index (κ2) is 6.70. The summed E-state index contributed by atoms with van der Waals surface area (Å²) >= 11 is 6.08. The van der Waals surface area contributed by atoms with Crippen molar-refractivity contribution < 1.29 is 4.74 Å². The van der Waals surface area contributed by atoms with E-state index in [0.29, 0.717) is 35.6 Å². The van der Waals surface area contributed by atoms with Gasteiger partial charge in [0.15, 0.2) is 0 Å². The average molecular weight is 354 g/mol. The second-order valence-electron chi connectivity index (χ2n) is 5.86. The third-order valence-corrected chi connectivity index (χ3v) is 4.40. The van der Waals surface area contributed by atoms with Gasteiger partial charge in [-0.15, -0.1) is 0 Å². The van der Waals surface area contributed by atoms with E-state index in [0.717, 1.165) is 22.2 Å². The van der Waals surface area contributed by atoms with E-state index >= 15 is 0 Å². The smallest absolute Gasteiger partial charge is 0.259 e. The number of pyridine rings is 1. The maximum Gasteiger partial charge on any atom is 0.259 e. The largest absolute Gasteiger partial charge is 0.376 e. The third kappa shape index (κ3) is 3.16. The Morgan fingerprint density at radius 1 is 1.12 bits per heavy atom. The first-order valence-electron chi connectivity index (χ1n) is 8.02. The summed E-state index contributed by atoms with van der Waals surface area (Å²) in [5.41, 5.74) is 3.10. The van der Waals surface area contributed by atoms with Crippen LogP contribution in [0.5, 0.6) is 0 Å². The predicted molar refractivity (Wildman–Crippen MR) is 99.0 cm³/mol. The predicted octanol–water partition coefficient (Wildman–Crippen LogP) is 3.82. The minimum Gasteiger partial charge on any atom is -0.376 e. The molecule has 0 radical (unpaired) electrons. The normalized spacial score (nSPS) is 11.4. The van der Waals surface area contributed by atoms with Crippen LogP contribution in [-0.4, -0.2) is 21.8 Å². The molecular formula is C19H16ClN3O2. The first-order valence-corrected chi connectivity index (χ1v) is 8.40. The molecule has 0 spiro atoms. The standard InChI is InChI=1S/C19H16ClN3O2/c20-13-6-7-15-14(10-13)18-17(19(24)21-15)16(22-23-18)8-9-25-11-12-4-2-1-3-5-12/h1-7,10H,8-9,11H2,(H,21,24)(H,22,23).